The summed E-state index contributed by atoms with van der Waals surface area (Å²) >= 11 is 0. The number of nitrogens with zero attached hydrogens (tertiary/aromatic N) is 3. The van der Waals surface area contributed by atoms with E-state index < -0.39 is 11.6 Å². The van der Waals surface area contributed by atoms with Gasteiger partial charge in [-0.25, -0.2) is 18.7 Å². The summed E-state index contributed by atoms with van der Waals surface area (Å²) in [5.41, 5.74) is 2.22. The van der Waals surface area contributed by atoms with Gasteiger partial charge in [-0.2, -0.15) is 0 Å². The Hall–Kier alpha value is -2.43. The van der Waals surface area contributed by atoms with Gasteiger partial charge in [0.05, 0.1) is 11.7 Å². The number of fused-ring (bicyclic) bond motifs is 1. The van der Waals surface area contributed by atoms with Gasteiger partial charge in [0.2, 0.25) is 0 Å². The zero-order chi connectivity index (χ0) is 14.1. The SMILES string of the molecule is Cc1nc(Cc2ccc(F)c(F)c2)nc2cnccc12. The van der Waals surface area contributed by atoms with Crippen molar-refractivity contribution in [2.24, 2.45) is 0 Å². The number of hydrogen-bond acceptors (Lipinski definition) is 3. The van der Waals surface area contributed by atoms with E-state index in [1.54, 1.807) is 12.4 Å². The Morgan fingerprint density at radius 1 is 1.05 bits per heavy atom. The van der Waals surface area contributed by atoms with Crippen molar-refractivity contribution >= 4 is 10.9 Å². The summed E-state index contributed by atoms with van der Waals surface area (Å²) in [6.45, 7) is 1.89. The Balaban J connectivity index is 2.00. The van der Waals surface area contributed by atoms with Gasteiger partial charge in [-0.15, -0.1) is 0 Å². The first-order valence-electron chi connectivity index (χ1n) is 6.14. The minimum absolute atomic E-state index is 0.350. The summed E-state index contributed by atoms with van der Waals surface area (Å²) in [4.78, 5) is 12.8. The molecule has 0 bridgehead atoms. The van der Waals surface area contributed by atoms with E-state index in [4.69, 9.17) is 0 Å². The lowest BCUT2D eigenvalue weighted by Crippen LogP contribution is -2.00. The van der Waals surface area contributed by atoms with E-state index >= 15 is 0 Å². The maximum Gasteiger partial charge on any atom is 0.159 e. The first kappa shape index (κ1) is 12.6. The molecule has 2 heterocycles. The van der Waals surface area contributed by atoms with Crippen molar-refractivity contribution in [3.63, 3.8) is 0 Å². The van der Waals surface area contributed by atoms with Gasteiger partial charge in [-0.1, -0.05) is 6.07 Å². The molecule has 3 rings (SSSR count). The van der Waals surface area contributed by atoms with Crippen LogP contribution in [0.1, 0.15) is 17.1 Å². The van der Waals surface area contributed by atoms with Gasteiger partial charge < -0.3 is 0 Å². The van der Waals surface area contributed by atoms with E-state index in [1.807, 2.05) is 13.0 Å². The van der Waals surface area contributed by atoms with Crippen LogP contribution in [0.5, 0.6) is 0 Å². The summed E-state index contributed by atoms with van der Waals surface area (Å²) in [5, 5.41) is 0.939. The molecule has 3 aromatic rings. The first-order valence-corrected chi connectivity index (χ1v) is 6.14. The van der Waals surface area contributed by atoms with Crippen molar-refractivity contribution in [1.82, 2.24) is 15.0 Å². The number of halogens is 2. The average molecular weight is 271 g/mol. The van der Waals surface area contributed by atoms with Crippen molar-refractivity contribution in [2.75, 3.05) is 0 Å². The molecule has 20 heavy (non-hydrogen) atoms. The Kier molecular flexibility index (Phi) is 3.10. The fourth-order valence-electron chi connectivity index (χ4n) is 2.11. The van der Waals surface area contributed by atoms with Crippen LogP contribution in [-0.4, -0.2) is 15.0 Å². The van der Waals surface area contributed by atoms with Gasteiger partial charge in [0.15, 0.2) is 11.6 Å². The van der Waals surface area contributed by atoms with E-state index in [0.717, 1.165) is 22.7 Å². The van der Waals surface area contributed by atoms with E-state index in [1.165, 1.54) is 12.1 Å². The van der Waals surface area contributed by atoms with Gasteiger partial charge in [0, 0.05) is 23.7 Å². The summed E-state index contributed by atoms with van der Waals surface area (Å²) < 4.78 is 26.1. The van der Waals surface area contributed by atoms with E-state index in [0.29, 0.717) is 17.8 Å². The topological polar surface area (TPSA) is 38.7 Å². The van der Waals surface area contributed by atoms with Crippen LogP contribution < -0.4 is 0 Å². The number of aryl methyl sites for hydroxylation is 1. The lowest BCUT2D eigenvalue weighted by molar-refractivity contribution is 0.507. The lowest BCUT2D eigenvalue weighted by atomic mass is 10.1. The third-order valence-corrected chi connectivity index (χ3v) is 3.08. The normalized spacial score (nSPS) is 10.9. The van der Waals surface area contributed by atoms with Crippen LogP contribution in [-0.2, 0) is 6.42 Å². The van der Waals surface area contributed by atoms with Crippen LogP contribution in [0.3, 0.4) is 0 Å². The molecule has 0 fully saturated rings. The van der Waals surface area contributed by atoms with Crippen molar-refractivity contribution < 1.29 is 8.78 Å². The quantitative estimate of drug-likeness (QED) is 0.718. The molecule has 0 N–H and O–H groups in total. The Labute approximate surface area is 114 Å². The zero-order valence-electron chi connectivity index (χ0n) is 10.8. The molecule has 0 unspecified atom stereocenters. The van der Waals surface area contributed by atoms with Crippen LogP contribution in [0.4, 0.5) is 8.78 Å². The van der Waals surface area contributed by atoms with Gasteiger partial charge in [-0.3, -0.25) is 4.98 Å². The molecule has 0 aliphatic heterocycles. The van der Waals surface area contributed by atoms with Crippen molar-refractivity contribution in [3.8, 4) is 0 Å². The smallest absolute Gasteiger partial charge is 0.159 e. The molecule has 0 aliphatic rings. The first-order chi connectivity index (χ1) is 9.63. The molecular formula is C15H11F2N3. The maximum atomic E-state index is 13.2. The minimum Gasteiger partial charge on any atom is -0.262 e. The van der Waals surface area contributed by atoms with Crippen LogP contribution in [0.15, 0.2) is 36.7 Å². The second-order valence-electron chi connectivity index (χ2n) is 4.54. The lowest BCUT2D eigenvalue weighted by Gasteiger charge is -2.05. The number of hydrogen-bond donors (Lipinski definition) is 0. The second-order valence-corrected chi connectivity index (χ2v) is 4.54. The zero-order valence-corrected chi connectivity index (χ0v) is 10.8. The fraction of sp³-hybridized carbons (Fsp3) is 0.133. The molecule has 0 atom stereocenters. The van der Waals surface area contributed by atoms with Crippen molar-refractivity contribution in [2.45, 2.75) is 13.3 Å². The second kappa shape index (κ2) is 4.92. The molecule has 2 aromatic heterocycles. The summed E-state index contributed by atoms with van der Waals surface area (Å²) in [6, 6.07) is 5.66. The van der Waals surface area contributed by atoms with E-state index in [2.05, 4.69) is 15.0 Å². The number of benzene rings is 1. The van der Waals surface area contributed by atoms with Crippen LogP contribution >= 0.6 is 0 Å². The Bertz CT molecular complexity index is 787. The highest BCUT2D eigenvalue weighted by molar-refractivity contribution is 5.79. The van der Waals surface area contributed by atoms with E-state index in [9.17, 15) is 8.78 Å². The molecule has 0 amide bonds. The third kappa shape index (κ3) is 2.34. The van der Waals surface area contributed by atoms with Crippen molar-refractivity contribution in [1.29, 1.82) is 0 Å². The molecule has 3 nitrogen and oxygen atoms in total. The van der Waals surface area contributed by atoms with Crippen LogP contribution in [0, 0.1) is 18.6 Å². The number of pyridine rings is 1. The highest BCUT2D eigenvalue weighted by Crippen LogP contribution is 2.16. The molecule has 0 radical (unpaired) electrons. The molecule has 0 saturated heterocycles. The highest BCUT2D eigenvalue weighted by Gasteiger charge is 2.07. The molecular weight excluding hydrogens is 260 g/mol. The monoisotopic (exact) mass is 271 g/mol. The molecule has 0 aliphatic carbocycles. The van der Waals surface area contributed by atoms with E-state index in [-0.39, 0.29) is 0 Å². The molecule has 1 aromatic carbocycles. The largest absolute Gasteiger partial charge is 0.262 e. The predicted octanol–water partition coefficient (Wildman–Crippen LogP) is 3.20. The summed E-state index contributed by atoms with van der Waals surface area (Å²) in [5.74, 6) is -1.15. The van der Waals surface area contributed by atoms with Gasteiger partial charge in [0.25, 0.3) is 0 Å². The Morgan fingerprint density at radius 3 is 2.70 bits per heavy atom. The maximum absolute atomic E-state index is 13.2. The number of aromatic nitrogens is 3. The molecule has 0 spiro atoms. The van der Waals surface area contributed by atoms with Gasteiger partial charge >= 0.3 is 0 Å². The molecule has 5 heteroatoms. The molecule has 0 saturated carbocycles. The highest BCUT2D eigenvalue weighted by atomic mass is 19.2. The van der Waals surface area contributed by atoms with Gasteiger partial charge in [0.1, 0.15) is 5.82 Å². The Morgan fingerprint density at radius 2 is 1.90 bits per heavy atom. The average Bonchev–Trinajstić information content (AvgIpc) is 2.43. The number of rotatable bonds is 2. The van der Waals surface area contributed by atoms with Crippen LogP contribution in [0.2, 0.25) is 0 Å². The molecule has 100 valence electrons. The summed E-state index contributed by atoms with van der Waals surface area (Å²) in [6.07, 6.45) is 3.70. The fourth-order valence-corrected chi connectivity index (χ4v) is 2.11. The minimum atomic E-state index is -0.860. The predicted molar refractivity (Wildman–Crippen MR) is 71.2 cm³/mol. The van der Waals surface area contributed by atoms with Crippen LogP contribution in [0.25, 0.3) is 10.9 Å². The summed E-state index contributed by atoms with van der Waals surface area (Å²) in [7, 11) is 0. The van der Waals surface area contributed by atoms with Gasteiger partial charge in [-0.05, 0) is 30.7 Å². The van der Waals surface area contributed by atoms with Crippen molar-refractivity contribution in [3.05, 3.63) is 65.4 Å². The third-order valence-electron chi connectivity index (χ3n) is 3.08. The standard InChI is InChI=1S/C15H11F2N3/c1-9-11-4-5-18-8-14(11)20-15(19-9)7-10-2-3-12(16)13(17)6-10/h2-6,8H,7H2,1H3.